The van der Waals surface area contributed by atoms with E-state index in [4.69, 9.17) is 20.9 Å². The van der Waals surface area contributed by atoms with Crippen molar-refractivity contribution in [2.24, 2.45) is 5.73 Å². The van der Waals surface area contributed by atoms with E-state index in [1.54, 1.807) is 0 Å². The molecule has 11 heavy (non-hydrogen) atoms. The molecule has 0 aliphatic carbocycles. The largest absolute Gasteiger partial charge is 0.480 e. The molecule has 0 aromatic heterocycles. The molecule has 0 unspecified atom stereocenters. The van der Waals surface area contributed by atoms with Crippen molar-refractivity contribution in [1.29, 1.82) is 0 Å². The lowest BCUT2D eigenvalue weighted by Gasteiger charge is -2.03. The van der Waals surface area contributed by atoms with Crippen LogP contribution in [0.2, 0.25) is 6.32 Å². The fourth-order valence-electron chi connectivity index (χ4n) is 0.452. The Morgan fingerprint density at radius 1 is 1.55 bits per heavy atom. The summed E-state index contributed by atoms with van der Waals surface area (Å²) in [6.07, 6.45) is 0.0699. The Hall–Kier alpha value is -0.295. The van der Waals surface area contributed by atoms with Gasteiger partial charge in [0.2, 0.25) is 0 Å². The van der Waals surface area contributed by atoms with E-state index in [2.05, 4.69) is 0 Å². The molecule has 0 heterocycles. The minimum absolute atomic E-state index is 0. The predicted octanol–water partition coefficient (Wildman–Crippen LogP) is -1.32. The molecule has 5 N–H and O–H groups in total. The third-order valence-electron chi connectivity index (χ3n) is 1.05. The van der Waals surface area contributed by atoms with Gasteiger partial charge in [0.1, 0.15) is 6.04 Å². The number of hydrogen-bond acceptors (Lipinski definition) is 4. The van der Waals surface area contributed by atoms with Crippen molar-refractivity contribution >= 4 is 25.5 Å². The summed E-state index contributed by atoms with van der Waals surface area (Å²) in [5.41, 5.74) is 5.04. The molecule has 0 saturated carbocycles. The highest BCUT2D eigenvalue weighted by atomic mass is 35.5. The highest BCUT2D eigenvalue weighted by molar-refractivity contribution is 6.40. The highest BCUT2D eigenvalue weighted by Crippen LogP contribution is 1.96. The van der Waals surface area contributed by atoms with E-state index in [9.17, 15) is 4.79 Å². The highest BCUT2D eigenvalue weighted by Gasteiger charge is 2.15. The molecule has 0 rings (SSSR count). The second-order valence-corrected chi connectivity index (χ2v) is 2.00. The zero-order valence-corrected chi connectivity index (χ0v) is 6.62. The molecule has 0 radical (unpaired) electrons. The molecule has 0 aromatic carbocycles. The Morgan fingerprint density at radius 2 is 2.00 bits per heavy atom. The van der Waals surface area contributed by atoms with Crippen LogP contribution in [-0.2, 0) is 4.79 Å². The van der Waals surface area contributed by atoms with Gasteiger partial charge >= 0.3 is 13.1 Å². The summed E-state index contributed by atoms with van der Waals surface area (Å²) in [5.74, 6) is -1.12. The van der Waals surface area contributed by atoms with Gasteiger partial charge in [0.05, 0.1) is 0 Å². The van der Waals surface area contributed by atoms with Crippen LogP contribution in [0.3, 0.4) is 0 Å². The van der Waals surface area contributed by atoms with Crippen molar-refractivity contribution in [1.82, 2.24) is 0 Å². The first-order valence-electron chi connectivity index (χ1n) is 2.88. The van der Waals surface area contributed by atoms with Crippen molar-refractivity contribution < 1.29 is 19.9 Å². The first-order chi connectivity index (χ1) is 4.54. The average molecular weight is 183 g/mol. The van der Waals surface area contributed by atoms with Gasteiger partial charge in [-0.1, -0.05) is 0 Å². The van der Waals surface area contributed by atoms with E-state index >= 15 is 0 Å². The third kappa shape index (κ3) is 7.60. The van der Waals surface area contributed by atoms with Crippen LogP contribution in [0.15, 0.2) is 0 Å². The number of carbonyl (C=O) groups is 1. The zero-order chi connectivity index (χ0) is 8.15. The Bertz CT molecular complexity index is 123. The SMILES string of the molecule is Cl.N[C@@H](CCB(O)O)C(=O)O. The number of halogens is 1. The number of hydrogen-bond donors (Lipinski definition) is 4. The number of carboxylic acids is 1. The summed E-state index contributed by atoms with van der Waals surface area (Å²) in [6.45, 7) is 0. The van der Waals surface area contributed by atoms with Crippen molar-refractivity contribution in [3.63, 3.8) is 0 Å². The van der Waals surface area contributed by atoms with Gasteiger partial charge in [-0.3, -0.25) is 4.79 Å². The van der Waals surface area contributed by atoms with Gasteiger partial charge in [0, 0.05) is 0 Å². The average Bonchev–Trinajstić information content (AvgIpc) is 1.82. The molecule has 0 saturated heterocycles. The Balaban J connectivity index is 0. The number of rotatable bonds is 4. The molecule has 66 valence electrons. The van der Waals surface area contributed by atoms with Crippen LogP contribution in [-0.4, -0.2) is 34.3 Å². The molecule has 0 fully saturated rings. The molecule has 0 amide bonds. The topological polar surface area (TPSA) is 104 Å². The fraction of sp³-hybridized carbons (Fsp3) is 0.750. The summed E-state index contributed by atoms with van der Waals surface area (Å²) in [7, 11) is -1.47. The lowest BCUT2D eigenvalue weighted by molar-refractivity contribution is -0.138. The monoisotopic (exact) mass is 183 g/mol. The third-order valence-corrected chi connectivity index (χ3v) is 1.05. The maximum atomic E-state index is 10.0. The Labute approximate surface area is 70.8 Å². The van der Waals surface area contributed by atoms with Crippen molar-refractivity contribution in [3.8, 4) is 0 Å². The van der Waals surface area contributed by atoms with Gasteiger partial charge in [-0.2, -0.15) is 0 Å². The quantitative estimate of drug-likeness (QED) is 0.405. The second-order valence-electron chi connectivity index (χ2n) is 2.00. The van der Waals surface area contributed by atoms with Gasteiger partial charge in [0.25, 0.3) is 0 Å². The molecule has 0 aliphatic rings. The van der Waals surface area contributed by atoms with Gasteiger partial charge in [-0.15, -0.1) is 12.4 Å². The van der Waals surface area contributed by atoms with E-state index in [0.29, 0.717) is 0 Å². The van der Waals surface area contributed by atoms with Crippen molar-refractivity contribution in [2.75, 3.05) is 0 Å². The summed E-state index contributed by atoms with van der Waals surface area (Å²) < 4.78 is 0. The number of carboxylic acid groups (broad SMARTS) is 1. The second kappa shape index (κ2) is 6.42. The van der Waals surface area contributed by atoms with Gasteiger partial charge in [-0.05, 0) is 12.7 Å². The first kappa shape index (κ1) is 13.3. The summed E-state index contributed by atoms with van der Waals surface area (Å²) in [6, 6.07) is -0.998. The fourth-order valence-corrected chi connectivity index (χ4v) is 0.452. The standard InChI is InChI=1S/C4H10BNO4.ClH/c6-3(4(7)8)1-2-5(9)10;/h3,9-10H,1-2,6H2,(H,7,8);1H/t3-;/m0./s1. The van der Waals surface area contributed by atoms with Crippen LogP contribution in [0.5, 0.6) is 0 Å². The molecule has 5 nitrogen and oxygen atoms in total. The lowest BCUT2D eigenvalue weighted by Crippen LogP contribution is -2.31. The summed E-state index contributed by atoms with van der Waals surface area (Å²) in [4.78, 5) is 10.0. The van der Waals surface area contributed by atoms with E-state index in [1.807, 2.05) is 0 Å². The smallest absolute Gasteiger partial charge is 0.451 e. The predicted molar refractivity (Wildman–Crippen MR) is 42.5 cm³/mol. The molecule has 0 spiro atoms. The maximum absolute atomic E-state index is 10.0. The number of aliphatic carboxylic acids is 1. The van der Waals surface area contributed by atoms with Crippen molar-refractivity contribution in [2.45, 2.75) is 18.8 Å². The molecule has 0 aromatic rings. The molecular weight excluding hydrogens is 172 g/mol. The van der Waals surface area contributed by atoms with Crippen LogP contribution in [0.25, 0.3) is 0 Å². The zero-order valence-electron chi connectivity index (χ0n) is 5.80. The van der Waals surface area contributed by atoms with E-state index in [-0.39, 0.29) is 25.1 Å². The summed E-state index contributed by atoms with van der Waals surface area (Å²) >= 11 is 0. The van der Waals surface area contributed by atoms with Crippen LogP contribution in [0.4, 0.5) is 0 Å². The molecular formula is C4H11BClNO4. The number of nitrogens with two attached hydrogens (primary N) is 1. The van der Waals surface area contributed by atoms with Crippen LogP contribution in [0, 0.1) is 0 Å². The normalized spacial score (nSPS) is 11.5. The van der Waals surface area contributed by atoms with Gasteiger partial charge in [0.15, 0.2) is 0 Å². The van der Waals surface area contributed by atoms with Gasteiger partial charge in [-0.25, -0.2) is 0 Å². The molecule has 0 bridgehead atoms. The molecule has 7 heteroatoms. The molecule has 1 atom stereocenters. The van der Waals surface area contributed by atoms with Crippen molar-refractivity contribution in [3.05, 3.63) is 0 Å². The molecule has 0 aliphatic heterocycles. The van der Waals surface area contributed by atoms with Gasteiger partial charge < -0.3 is 20.9 Å². The Morgan fingerprint density at radius 3 is 2.27 bits per heavy atom. The first-order valence-corrected chi connectivity index (χ1v) is 2.88. The van der Waals surface area contributed by atoms with E-state index in [1.165, 1.54) is 0 Å². The van der Waals surface area contributed by atoms with Crippen LogP contribution in [0.1, 0.15) is 6.42 Å². The van der Waals surface area contributed by atoms with Crippen LogP contribution < -0.4 is 5.73 Å². The minimum Gasteiger partial charge on any atom is -0.480 e. The van der Waals surface area contributed by atoms with Crippen LogP contribution >= 0.6 is 12.4 Å². The minimum atomic E-state index is -1.47. The van der Waals surface area contributed by atoms with E-state index < -0.39 is 19.1 Å². The maximum Gasteiger partial charge on any atom is 0.451 e. The Kier molecular flexibility index (Phi) is 7.76. The van der Waals surface area contributed by atoms with E-state index in [0.717, 1.165) is 0 Å². The lowest BCUT2D eigenvalue weighted by atomic mass is 9.83. The summed E-state index contributed by atoms with van der Waals surface area (Å²) in [5, 5.41) is 24.8.